The van der Waals surface area contributed by atoms with Gasteiger partial charge in [-0.05, 0) is 31.4 Å². The third kappa shape index (κ3) is 2.79. The molecule has 3 nitrogen and oxygen atoms in total. The molecule has 0 heterocycles. The molecule has 1 aliphatic rings. The van der Waals surface area contributed by atoms with Gasteiger partial charge in [-0.3, -0.25) is 4.79 Å². The largest absolute Gasteiger partial charge is 0.379 e. The van der Waals surface area contributed by atoms with Crippen LogP contribution >= 0.6 is 23.2 Å². The van der Waals surface area contributed by atoms with Gasteiger partial charge in [0.05, 0.1) is 27.8 Å². The number of rotatable bonds is 3. The molecule has 98 valence electrons. The lowest BCUT2D eigenvalue weighted by Gasteiger charge is -2.20. The van der Waals surface area contributed by atoms with Crippen LogP contribution in [0.4, 0.5) is 0 Å². The zero-order valence-corrected chi connectivity index (χ0v) is 11.6. The van der Waals surface area contributed by atoms with Gasteiger partial charge in [0.25, 0.3) is 5.91 Å². The molecule has 1 saturated carbocycles. The molecule has 5 heteroatoms. The second kappa shape index (κ2) is 5.91. The van der Waals surface area contributed by atoms with Crippen molar-refractivity contribution < 1.29 is 9.53 Å². The minimum absolute atomic E-state index is 0.0369. The fraction of sp³-hybridized carbons (Fsp3) is 0.462. The monoisotopic (exact) mass is 287 g/mol. The van der Waals surface area contributed by atoms with Crippen LogP contribution in [-0.2, 0) is 4.74 Å². The summed E-state index contributed by atoms with van der Waals surface area (Å²) in [4.78, 5) is 12.2. The van der Waals surface area contributed by atoms with Crippen LogP contribution in [0.1, 0.15) is 29.6 Å². The highest BCUT2D eigenvalue weighted by atomic mass is 35.5. The van der Waals surface area contributed by atoms with E-state index in [0.717, 1.165) is 19.3 Å². The van der Waals surface area contributed by atoms with Crippen LogP contribution < -0.4 is 5.32 Å². The predicted octanol–water partition coefficient (Wildman–Crippen LogP) is 3.29. The van der Waals surface area contributed by atoms with Crippen LogP contribution in [0.25, 0.3) is 0 Å². The van der Waals surface area contributed by atoms with Gasteiger partial charge < -0.3 is 10.1 Å². The van der Waals surface area contributed by atoms with Crippen LogP contribution in [0.3, 0.4) is 0 Å². The summed E-state index contributed by atoms with van der Waals surface area (Å²) in [7, 11) is 1.66. The van der Waals surface area contributed by atoms with E-state index in [4.69, 9.17) is 27.9 Å². The Labute approximate surface area is 116 Å². The maximum absolute atomic E-state index is 12.2. The first-order chi connectivity index (χ1) is 8.63. The van der Waals surface area contributed by atoms with E-state index >= 15 is 0 Å². The summed E-state index contributed by atoms with van der Waals surface area (Å²) in [6, 6.07) is 5.07. The highest BCUT2D eigenvalue weighted by Gasteiger charge is 2.29. The number of carbonyl (C=O) groups excluding carboxylic acids is 1. The number of carbonyl (C=O) groups is 1. The third-order valence-electron chi connectivity index (χ3n) is 3.26. The molecule has 0 unspecified atom stereocenters. The minimum Gasteiger partial charge on any atom is -0.379 e. The van der Waals surface area contributed by atoms with Gasteiger partial charge >= 0.3 is 0 Å². The second-order valence-corrected chi connectivity index (χ2v) is 5.20. The van der Waals surface area contributed by atoms with Crippen molar-refractivity contribution in [1.29, 1.82) is 0 Å². The molecular formula is C13H15Cl2NO2. The number of nitrogens with one attached hydrogen (secondary N) is 1. The molecule has 1 fully saturated rings. The molecule has 2 atom stereocenters. The number of hydrogen-bond donors (Lipinski definition) is 1. The quantitative estimate of drug-likeness (QED) is 0.926. The van der Waals surface area contributed by atoms with E-state index < -0.39 is 0 Å². The van der Waals surface area contributed by atoms with Crippen molar-refractivity contribution in [2.75, 3.05) is 7.11 Å². The van der Waals surface area contributed by atoms with Crippen molar-refractivity contribution >= 4 is 29.1 Å². The van der Waals surface area contributed by atoms with Gasteiger partial charge in [0.15, 0.2) is 0 Å². The van der Waals surface area contributed by atoms with Crippen molar-refractivity contribution in [3.8, 4) is 0 Å². The molecule has 1 aromatic carbocycles. The zero-order chi connectivity index (χ0) is 13.1. The predicted molar refractivity (Wildman–Crippen MR) is 72.4 cm³/mol. The van der Waals surface area contributed by atoms with Gasteiger partial charge in [-0.25, -0.2) is 0 Å². The van der Waals surface area contributed by atoms with Gasteiger partial charge in [-0.1, -0.05) is 29.3 Å². The van der Waals surface area contributed by atoms with E-state index in [-0.39, 0.29) is 18.1 Å². The summed E-state index contributed by atoms with van der Waals surface area (Å²) < 4.78 is 5.34. The molecule has 0 bridgehead atoms. The Morgan fingerprint density at radius 2 is 2.00 bits per heavy atom. The van der Waals surface area contributed by atoms with Crippen LogP contribution in [0.5, 0.6) is 0 Å². The van der Waals surface area contributed by atoms with E-state index in [1.54, 1.807) is 25.3 Å². The van der Waals surface area contributed by atoms with Gasteiger partial charge in [0.1, 0.15) is 0 Å². The van der Waals surface area contributed by atoms with Gasteiger partial charge in [-0.2, -0.15) is 0 Å². The second-order valence-electron chi connectivity index (χ2n) is 4.38. The van der Waals surface area contributed by atoms with Crippen molar-refractivity contribution in [2.24, 2.45) is 0 Å². The first kappa shape index (κ1) is 13.7. The van der Waals surface area contributed by atoms with E-state index in [1.165, 1.54) is 0 Å². The first-order valence-electron chi connectivity index (χ1n) is 5.91. The normalized spacial score (nSPS) is 23.1. The van der Waals surface area contributed by atoms with Gasteiger partial charge in [0, 0.05) is 7.11 Å². The van der Waals surface area contributed by atoms with Crippen LogP contribution in [-0.4, -0.2) is 25.2 Å². The summed E-state index contributed by atoms with van der Waals surface area (Å²) in [6.07, 6.45) is 3.03. The average Bonchev–Trinajstić information content (AvgIpc) is 2.76. The Balaban J connectivity index is 2.12. The van der Waals surface area contributed by atoms with E-state index in [2.05, 4.69) is 5.32 Å². The smallest absolute Gasteiger partial charge is 0.254 e. The molecule has 0 radical (unpaired) electrons. The highest BCUT2D eigenvalue weighted by Crippen LogP contribution is 2.26. The Kier molecular flexibility index (Phi) is 4.49. The van der Waals surface area contributed by atoms with Gasteiger partial charge in [-0.15, -0.1) is 0 Å². The molecule has 1 aliphatic carbocycles. The summed E-state index contributed by atoms with van der Waals surface area (Å²) in [5, 5.41) is 3.68. The molecule has 1 amide bonds. The van der Waals surface area contributed by atoms with Crippen LogP contribution in [0.15, 0.2) is 18.2 Å². The van der Waals surface area contributed by atoms with Crippen LogP contribution in [0, 0.1) is 0 Å². The molecule has 0 aromatic heterocycles. The Hall–Kier alpha value is -0.770. The minimum atomic E-state index is -0.237. The summed E-state index contributed by atoms with van der Waals surface area (Å²) >= 11 is 12.0. The number of amides is 1. The fourth-order valence-electron chi connectivity index (χ4n) is 2.33. The Morgan fingerprint density at radius 1 is 1.33 bits per heavy atom. The molecule has 0 saturated heterocycles. The van der Waals surface area contributed by atoms with Crippen molar-refractivity contribution in [2.45, 2.75) is 31.4 Å². The Bertz CT molecular complexity index is 430. The maximum Gasteiger partial charge on any atom is 0.254 e. The number of ether oxygens (including phenoxy) is 1. The van der Waals surface area contributed by atoms with E-state index in [1.807, 2.05) is 0 Å². The lowest BCUT2D eigenvalue weighted by Crippen LogP contribution is -2.40. The summed E-state index contributed by atoms with van der Waals surface area (Å²) in [5.41, 5.74) is 0.336. The summed E-state index contributed by atoms with van der Waals surface area (Å²) in [5.74, 6) is -0.237. The van der Waals surface area contributed by atoms with Gasteiger partial charge in [0.2, 0.25) is 0 Å². The number of benzene rings is 1. The van der Waals surface area contributed by atoms with E-state index in [0.29, 0.717) is 15.6 Å². The average molecular weight is 288 g/mol. The lowest BCUT2D eigenvalue weighted by molar-refractivity contribution is 0.0722. The van der Waals surface area contributed by atoms with Crippen molar-refractivity contribution in [1.82, 2.24) is 5.32 Å². The molecular weight excluding hydrogens is 273 g/mol. The number of methoxy groups -OCH3 is 1. The first-order valence-corrected chi connectivity index (χ1v) is 6.66. The SMILES string of the molecule is CO[C@@H]1CCC[C@H]1NC(=O)c1c(Cl)cccc1Cl. The molecule has 0 spiro atoms. The molecule has 1 N–H and O–H groups in total. The lowest BCUT2D eigenvalue weighted by atomic mass is 10.1. The molecule has 0 aliphatic heterocycles. The maximum atomic E-state index is 12.2. The zero-order valence-electron chi connectivity index (χ0n) is 10.1. The Morgan fingerprint density at radius 3 is 2.61 bits per heavy atom. The molecule has 2 rings (SSSR count). The standard InChI is InChI=1S/C13H15Cl2NO2/c1-18-11-7-3-6-10(11)16-13(17)12-8(14)4-2-5-9(12)15/h2,4-5,10-11H,3,6-7H2,1H3,(H,16,17)/t10-,11-/m1/s1. The van der Waals surface area contributed by atoms with Crippen molar-refractivity contribution in [3.63, 3.8) is 0 Å². The molecule has 18 heavy (non-hydrogen) atoms. The molecule has 1 aromatic rings. The third-order valence-corrected chi connectivity index (χ3v) is 3.89. The number of hydrogen-bond acceptors (Lipinski definition) is 2. The van der Waals surface area contributed by atoms with E-state index in [9.17, 15) is 4.79 Å². The highest BCUT2D eigenvalue weighted by molar-refractivity contribution is 6.39. The number of halogens is 2. The topological polar surface area (TPSA) is 38.3 Å². The van der Waals surface area contributed by atoms with Crippen LogP contribution in [0.2, 0.25) is 10.0 Å². The summed E-state index contributed by atoms with van der Waals surface area (Å²) in [6.45, 7) is 0. The van der Waals surface area contributed by atoms with Crippen molar-refractivity contribution in [3.05, 3.63) is 33.8 Å². The fourth-order valence-corrected chi connectivity index (χ4v) is 2.90.